The molecule has 2 aromatic heterocycles. The monoisotopic (exact) mass is 619 g/mol. The molecule has 45 heavy (non-hydrogen) atoms. The highest BCUT2D eigenvalue weighted by Gasteiger charge is 2.28. The molecule has 3 aromatic carbocycles. The second-order valence-corrected chi connectivity index (χ2v) is 11.7. The SMILES string of the molecule is C.CC(N)=C(CNCc1ccc(CN(Cc2nc3ccccc3[nH]2)C2CCCc3cccnc32)cc1)C(Cl)=Nc1ccccc1. The number of H-pyrrole nitrogens is 1. The number of allylic oxidation sites excluding steroid dienone is 1. The normalized spacial score (nSPS) is 15.4. The number of aromatic amines is 1. The number of aromatic nitrogens is 3. The zero-order valence-corrected chi connectivity index (χ0v) is 25.8. The first-order chi connectivity index (χ1) is 21.5. The van der Waals surface area contributed by atoms with Gasteiger partial charge in [0.2, 0.25) is 0 Å². The van der Waals surface area contributed by atoms with Crippen molar-refractivity contribution in [2.45, 2.75) is 59.3 Å². The smallest absolute Gasteiger partial charge is 0.135 e. The van der Waals surface area contributed by atoms with Crippen LogP contribution < -0.4 is 11.1 Å². The van der Waals surface area contributed by atoms with Gasteiger partial charge in [0, 0.05) is 37.1 Å². The molecule has 8 heteroatoms. The molecule has 1 unspecified atom stereocenters. The molecule has 0 spiro atoms. The average molecular weight is 620 g/mol. The van der Waals surface area contributed by atoms with Gasteiger partial charge in [-0.15, -0.1) is 0 Å². The van der Waals surface area contributed by atoms with Gasteiger partial charge in [0.05, 0.1) is 35.0 Å². The van der Waals surface area contributed by atoms with Crippen LogP contribution in [0.15, 0.2) is 113 Å². The molecule has 0 amide bonds. The highest BCUT2D eigenvalue weighted by Crippen LogP contribution is 2.34. The number of para-hydroxylation sites is 3. The van der Waals surface area contributed by atoms with Gasteiger partial charge in [-0.1, -0.05) is 79.7 Å². The minimum absolute atomic E-state index is 0. The molecule has 6 rings (SSSR count). The molecule has 1 aliphatic rings. The summed E-state index contributed by atoms with van der Waals surface area (Å²) in [5, 5.41) is 3.89. The van der Waals surface area contributed by atoms with Gasteiger partial charge in [0.1, 0.15) is 11.0 Å². The number of pyridine rings is 1. The maximum absolute atomic E-state index is 6.56. The number of nitrogens with two attached hydrogens (primary N) is 1. The van der Waals surface area contributed by atoms with E-state index < -0.39 is 0 Å². The molecule has 0 saturated carbocycles. The number of imidazole rings is 1. The largest absolute Gasteiger partial charge is 0.402 e. The van der Waals surface area contributed by atoms with E-state index in [4.69, 9.17) is 27.3 Å². The van der Waals surface area contributed by atoms with E-state index in [0.29, 0.717) is 24.0 Å². The predicted molar refractivity (Wildman–Crippen MR) is 186 cm³/mol. The van der Waals surface area contributed by atoms with E-state index in [1.807, 2.05) is 55.6 Å². The number of nitrogens with one attached hydrogen (secondary N) is 2. The van der Waals surface area contributed by atoms with Gasteiger partial charge in [-0.25, -0.2) is 9.98 Å². The molecule has 2 heterocycles. The minimum atomic E-state index is 0. The highest BCUT2D eigenvalue weighted by atomic mass is 35.5. The van der Waals surface area contributed by atoms with Crippen molar-refractivity contribution in [3.8, 4) is 0 Å². The molecule has 7 nitrogen and oxygen atoms in total. The molecule has 5 aromatic rings. The van der Waals surface area contributed by atoms with Crippen molar-refractivity contribution in [3.63, 3.8) is 0 Å². The Labute approximate surface area is 271 Å². The Morgan fingerprint density at radius 2 is 1.73 bits per heavy atom. The van der Waals surface area contributed by atoms with E-state index in [9.17, 15) is 0 Å². The Bertz CT molecular complexity index is 1720. The summed E-state index contributed by atoms with van der Waals surface area (Å²) >= 11 is 6.56. The van der Waals surface area contributed by atoms with Crippen LogP contribution in [0.1, 0.15) is 61.4 Å². The maximum atomic E-state index is 6.56. The Morgan fingerprint density at radius 1 is 0.978 bits per heavy atom. The van der Waals surface area contributed by atoms with Crippen molar-refractivity contribution in [2.75, 3.05) is 6.54 Å². The molecular weight excluding hydrogens is 578 g/mol. The lowest BCUT2D eigenvalue weighted by molar-refractivity contribution is 0.153. The van der Waals surface area contributed by atoms with Crippen molar-refractivity contribution < 1.29 is 0 Å². The Kier molecular flexibility index (Phi) is 10.8. The Morgan fingerprint density at radius 3 is 2.51 bits per heavy atom. The van der Waals surface area contributed by atoms with Crippen LogP contribution >= 0.6 is 11.6 Å². The van der Waals surface area contributed by atoms with E-state index in [0.717, 1.165) is 60.5 Å². The highest BCUT2D eigenvalue weighted by molar-refractivity contribution is 6.70. The third-order valence-electron chi connectivity index (χ3n) is 8.15. The van der Waals surface area contributed by atoms with Gasteiger partial charge in [0.15, 0.2) is 0 Å². The van der Waals surface area contributed by atoms with Gasteiger partial charge in [-0.05, 0) is 73.2 Å². The van der Waals surface area contributed by atoms with E-state index in [1.54, 1.807) is 0 Å². The van der Waals surface area contributed by atoms with Crippen molar-refractivity contribution in [1.29, 1.82) is 0 Å². The number of fused-ring (bicyclic) bond motifs is 2. The second kappa shape index (κ2) is 15.1. The molecule has 0 aliphatic heterocycles. The first-order valence-electron chi connectivity index (χ1n) is 15.2. The summed E-state index contributed by atoms with van der Waals surface area (Å²) in [6.45, 7) is 4.59. The van der Waals surface area contributed by atoms with Crippen molar-refractivity contribution in [3.05, 3.63) is 137 Å². The summed E-state index contributed by atoms with van der Waals surface area (Å²) in [5.74, 6) is 0.976. The lowest BCUT2D eigenvalue weighted by Gasteiger charge is -2.34. The predicted octanol–water partition coefficient (Wildman–Crippen LogP) is 7.97. The van der Waals surface area contributed by atoms with Gasteiger partial charge >= 0.3 is 0 Å². The molecule has 232 valence electrons. The number of hydrogen-bond donors (Lipinski definition) is 3. The van der Waals surface area contributed by atoms with Gasteiger partial charge in [0.25, 0.3) is 0 Å². The molecule has 0 bridgehead atoms. The Hall–Kier alpha value is -4.30. The van der Waals surface area contributed by atoms with Crippen LogP contribution in [-0.2, 0) is 26.1 Å². The van der Waals surface area contributed by atoms with E-state index in [2.05, 4.69) is 68.7 Å². The fourth-order valence-corrected chi connectivity index (χ4v) is 6.19. The van der Waals surface area contributed by atoms with Crippen LogP contribution in [-0.4, -0.2) is 31.6 Å². The number of rotatable bonds is 11. The maximum Gasteiger partial charge on any atom is 0.135 e. The van der Waals surface area contributed by atoms with Gasteiger partial charge in [-0.2, -0.15) is 0 Å². The molecule has 0 saturated heterocycles. The second-order valence-electron chi connectivity index (χ2n) is 11.4. The number of aliphatic imine (C=N–C) groups is 1. The first kappa shape index (κ1) is 32.1. The first-order valence-corrected chi connectivity index (χ1v) is 15.6. The molecule has 0 fully saturated rings. The van der Waals surface area contributed by atoms with Crippen LogP contribution in [0.3, 0.4) is 0 Å². The topological polar surface area (TPSA) is 95.2 Å². The number of nitrogens with zero attached hydrogens (tertiary/aromatic N) is 4. The van der Waals surface area contributed by atoms with Gasteiger partial charge in [-0.3, -0.25) is 9.88 Å². The molecular formula is C37H42ClN7. The summed E-state index contributed by atoms with van der Waals surface area (Å²) in [6.07, 6.45) is 5.25. The zero-order valence-electron chi connectivity index (χ0n) is 25.0. The fourth-order valence-electron chi connectivity index (χ4n) is 5.88. The molecule has 4 N–H and O–H groups in total. The molecule has 0 radical (unpaired) electrons. The summed E-state index contributed by atoms with van der Waals surface area (Å²) in [6, 6.07) is 31.2. The quantitative estimate of drug-likeness (QED) is 0.130. The fraction of sp³-hybridized carbons (Fsp3) is 0.270. The summed E-state index contributed by atoms with van der Waals surface area (Å²) in [4.78, 5) is 20.3. The third-order valence-corrected chi connectivity index (χ3v) is 8.46. The van der Waals surface area contributed by atoms with Gasteiger partial charge < -0.3 is 16.0 Å². The van der Waals surface area contributed by atoms with Crippen molar-refractivity contribution in [2.24, 2.45) is 10.7 Å². The zero-order chi connectivity index (χ0) is 30.3. The lowest BCUT2D eigenvalue weighted by Crippen LogP contribution is -2.31. The third kappa shape index (κ3) is 8.05. The average Bonchev–Trinajstić information content (AvgIpc) is 3.46. The Balaban J connectivity index is 0.00000400. The number of hydrogen-bond acceptors (Lipinski definition) is 6. The van der Waals surface area contributed by atoms with Crippen LogP contribution in [0.5, 0.6) is 0 Å². The number of benzene rings is 3. The van der Waals surface area contributed by atoms with E-state index >= 15 is 0 Å². The summed E-state index contributed by atoms with van der Waals surface area (Å²) < 4.78 is 0. The van der Waals surface area contributed by atoms with Crippen LogP contribution in [0, 0.1) is 0 Å². The molecule has 1 aliphatic carbocycles. The summed E-state index contributed by atoms with van der Waals surface area (Å²) in [7, 11) is 0. The van der Waals surface area contributed by atoms with Crippen molar-refractivity contribution in [1.82, 2.24) is 25.2 Å². The van der Waals surface area contributed by atoms with Crippen LogP contribution in [0.2, 0.25) is 0 Å². The minimum Gasteiger partial charge on any atom is -0.402 e. The summed E-state index contributed by atoms with van der Waals surface area (Å²) in [5.41, 5.74) is 15.5. The number of halogens is 1. The van der Waals surface area contributed by atoms with Crippen LogP contribution in [0.4, 0.5) is 5.69 Å². The molecule has 1 atom stereocenters. The van der Waals surface area contributed by atoms with E-state index in [1.165, 1.54) is 22.4 Å². The number of aryl methyl sites for hydroxylation is 1. The van der Waals surface area contributed by atoms with E-state index in [-0.39, 0.29) is 13.5 Å². The van der Waals surface area contributed by atoms with Crippen LogP contribution in [0.25, 0.3) is 11.0 Å². The standard InChI is InChI=1S/C36H38ClN7.CH4/c1-25(38)30(36(37)41-29-11-3-2-4-12-29)22-39-21-26-16-18-27(19-17-26)23-44(24-34-42-31-13-5-6-14-32(31)43-34)33-15-7-9-28-10-8-20-40-35(28)33;/h2-6,8,10-14,16-20,33,39H,7,9,15,21-24,38H2,1H3,(H,42,43);1H4. The van der Waals surface area contributed by atoms with Crippen molar-refractivity contribution >= 4 is 33.5 Å². The lowest BCUT2D eigenvalue weighted by atomic mass is 9.90.